The molecule has 2 heterocycles. The van der Waals surface area contributed by atoms with Crippen molar-refractivity contribution in [3.05, 3.63) is 0 Å². The maximum atomic E-state index is 12.3. The first-order valence-electron chi connectivity index (χ1n) is 9.11. The van der Waals surface area contributed by atoms with Crippen LogP contribution in [0.15, 0.2) is 0 Å². The summed E-state index contributed by atoms with van der Waals surface area (Å²) < 4.78 is 5.33. The summed E-state index contributed by atoms with van der Waals surface area (Å²) in [6.07, 6.45) is 6.00. The molecule has 0 aromatic rings. The molecule has 0 bridgehead atoms. The van der Waals surface area contributed by atoms with E-state index in [1.165, 1.54) is 12.8 Å². The van der Waals surface area contributed by atoms with Gasteiger partial charge >= 0.3 is 0 Å². The third kappa shape index (κ3) is 4.44. The van der Waals surface area contributed by atoms with Crippen molar-refractivity contribution in [3.63, 3.8) is 0 Å². The highest BCUT2D eigenvalue weighted by molar-refractivity contribution is 5.89. The van der Waals surface area contributed by atoms with Crippen LogP contribution < -0.4 is 5.32 Å². The van der Waals surface area contributed by atoms with Gasteiger partial charge in [-0.3, -0.25) is 14.5 Å². The Morgan fingerprint density at radius 1 is 1.22 bits per heavy atom. The molecule has 3 rings (SSSR count). The molecule has 3 fully saturated rings. The average molecular weight is 323 g/mol. The van der Waals surface area contributed by atoms with Gasteiger partial charge in [0.15, 0.2) is 0 Å². The van der Waals surface area contributed by atoms with Crippen LogP contribution in [0.5, 0.6) is 0 Å². The second-order valence-electron chi connectivity index (χ2n) is 6.98. The van der Waals surface area contributed by atoms with Gasteiger partial charge in [0.05, 0.1) is 19.1 Å². The number of nitrogens with zero attached hydrogens (tertiary/aromatic N) is 2. The molecule has 2 amide bonds. The van der Waals surface area contributed by atoms with Gasteiger partial charge in [-0.1, -0.05) is 12.8 Å². The van der Waals surface area contributed by atoms with Gasteiger partial charge in [0.2, 0.25) is 11.8 Å². The standard InChI is InChI=1S/C17H29N3O3/c21-16-12-14(13-20(16)15-4-1-2-5-15)17(22)18-6-3-7-19-8-10-23-11-9-19/h14-15H,1-13H2,(H,18,22)/t14-/m1/s1. The summed E-state index contributed by atoms with van der Waals surface area (Å²) in [5.41, 5.74) is 0. The lowest BCUT2D eigenvalue weighted by Crippen LogP contribution is -2.39. The van der Waals surface area contributed by atoms with E-state index in [4.69, 9.17) is 4.74 Å². The zero-order chi connectivity index (χ0) is 16.1. The number of ether oxygens (including phenoxy) is 1. The summed E-state index contributed by atoms with van der Waals surface area (Å²) in [7, 11) is 0. The fourth-order valence-corrected chi connectivity index (χ4v) is 3.96. The second kappa shape index (κ2) is 8.11. The van der Waals surface area contributed by atoms with E-state index < -0.39 is 0 Å². The molecule has 23 heavy (non-hydrogen) atoms. The van der Waals surface area contributed by atoms with Gasteiger partial charge in [-0.15, -0.1) is 0 Å². The van der Waals surface area contributed by atoms with Crippen LogP contribution >= 0.6 is 0 Å². The van der Waals surface area contributed by atoms with Crippen molar-refractivity contribution in [3.8, 4) is 0 Å². The Labute approximate surface area is 138 Å². The van der Waals surface area contributed by atoms with E-state index >= 15 is 0 Å². The van der Waals surface area contributed by atoms with E-state index in [2.05, 4.69) is 10.2 Å². The Morgan fingerprint density at radius 3 is 2.70 bits per heavy atom. The van der Waals surface area contributed by atoms with Crippen molar-refractivity contribution < 1.29 is 14.3 Å². The summed E-state index contributed by atoms with van der Waals surface area (Å²) >= 11 is 0. The molecule has 3 aliphatic rings. The topological polar surface area (TPSA) is 61.9 Å². The van der Waals surface area contributed by atoms with Crippen molar-refractivity contribution in [2.24, 2.45) is 5.92 Å². The molecule has 6 heteroatoms. The fourth-order valence-electron chi connectivity index (χ4n) is 3.96. The van der Waals surface area contributed by atoms with Crippen molar-refractivity contribution in [1.29, 1.82) is 0 Å². The Kier molecular flexibility index (Phi) is 5.89. The number of amides is 2. The zero-order valence-electron chi connectivity index (χ0n) is 14.0. The van der Waals surface area contributed by atoms with Gasteiger partial charge in [-0.25, -0.2) is 0 Å². The molecule has 2 saturated heterocycles. The van der Waals surface area contributed by atoms with Crippen molar-refractivity contribution in [1.82, 2.24) is 15.1 Å². The molecule has 1 aliphatic carbocycles. The Bertz CT molecular complexity index is 417. The van der Waals surface area contributed by atoms with E-state index in [1.807, 2.05) is 4.90 Å². The first-order chi connectivity index (χ1) is 11.2. The second-order valence-corrected chi connectivity index (χ2v) is 6.98. The lowest BCUT2D eigenvalue weighted by molar-refractivity contribution is -0.130. The minimum atomic E-state index is -0.147. The SMILES string of the molecule is O=C(NCCCN1CCOCC1)[C@@H]1CC(=O)N(C2CCCC2)C1. The molecular weight excluding hydrogens is 294 g/mol. The molecule has 1 atom stereocenters. The molecule has 1 N–H and O–H groups in total. The molecule has 0 aromatic carbocycles. The zero-order valence-corrected chi connectivity index (χ0v) is 14.0. The Balaban J connectivity index is 1.34. The number of morpholine rings is 1. The normalized spacial score (nSPS) is 26.9. The first kappa shape index (κ1) is 16.7. The van der Waals surface area contributed by atoms with Crippen LogP contribution in [0.25, 0.3) is 0 Å². The van der Waals surface area contributed by atoms with Crippen LogP contribution in [0.4, 0.5) is 0 Å². The Morgan fingerprint density at radius 2 is 1.96 bits per heavy atom. The number of carbonyl (C=O) groups excluding carboxylic acids is 2. The fraction of sp³-hybridized carbons (Fsp3) is 0.882. The highest BCUT2D eigenvalue weighted by atomic mass is 16.5. The van der Waals surface area contributed by atoms with E-state index in [1.54, 1.807) is 0 Å². The van der Waals surface area contributed by atoms with E-state index in [0.717, 1.165) is 52.1 Å². The summed E-state index contributed by atoms with van der Waals surface area (Å²) in [6.45, 7) is 5.93. The molecule has 0 aromatic heterocycles. The summed E-state index contributed by atoms with van der Waals surface area (Å²) in [5.74, 6) is 0.0812. The minimum Gasteiger partial charge on any atom is -0.379 e. The molecule has 0 radical (unpaired) electrons. The monoisotopic (exact) mass is 323 g/mol. The third-order valence-corrected chi connectivity index (χ3v) is 5.35. The predicted octanol–water partition coefficient (Wildman–Crippen LogP) is 0.616. The van der Waals surface area contributed by atoms with Crippen LogP contribution in [0, 0.1) is 5.92 Å². The van der Waals surface area contributed by atoms with Crippen molar-refractivity contribution in [2.75, 3.05) is 45.9 Å². The van der Waals surface area contributed by atoms with Gasteiger partial charge in [0, 0.05) is 38.6 Å². The van der Waals surface area contributed by atoms with Crippen molar-refractivity contribution >= 4 is 11.8 Å². The number of carbonyl (C=O) groups is 2. The highest BCUT2D eigenvalue weighted by Crippen LogP contribution is 2.29. The quantitative estimate of drug-likeness (QED) is 0.728. The molecule has 1 saturated carbocycles. The number of hydrogen-bond donors (Lipinski definition) is 1. The lowest BCUT2D eigenvalue weighted by atomic mass is 10.1. The largest absolute Gasteiger partial charge is 0.379 e. The summed E-state index contributed by atoms with van der Waals surface area (Å²) in [4.78, 5) is 28.8. The minimum absolute atomic E-state index is 0.0563. The molecule has 6 nitrogen and oxygen atoms in total. The maximum Gasteiger partial charge on any atom is 0.225 e. The van der Waals surface area contributed by atoms with Gasteiger partial charge in [-0.2, -0.15) is 0 Å². The highest BCUT2D eigenvalue weighted by Gasteiger charge is 2.38. The third-order valence-electron chi connectivity index (χ3n) is 5.35. The van der Waals surface area contributed by atoms with Crippen molar-refractivity contribution in [2.45, 2.75) is 44.6 Å². The molecule has 2 aliphatic heterocycles. The van der Waals surface area contributed by atoms with E-state index in [-0.39, 0.29) is 17.7 Å². The number of nitrogens with one attached hydrogen (secondary N) is 1. The smallest absolute Gasteiger partial charge is 0.225 e. The van der Waals surface area contributed by atoms with E-state index in [0.29, 0.717) is 25.6 Å². The number of hydrogen-bond acceptors (Lipinski definition) is 4. The first-order valence-corrected chi connectivity index (χ1v) is 9.11. The van der Waals surface area contributed by atoms with Crippen LogP contribution in [-0.4, -0.2) is 73.6 Å². The van der Waals surface area contributed by atoms with E-state index in [9.17, 15) is 9.59 Å². The van der Waals surface area contributed by atoms with Gasteiger partial charge in [-0.05, 0) is 25.8 Å². The lowest BCUT2D eigenvalue weighted by Gasteiger charge is -2.26. The molecule has 130 valence electrons. The summed E-state index contributed by atoms with van der Waals surface area (Å²) in [6, 6.07) is 0.390. The van der Waals surface area contributed by atoms with Crippen LogP contribution in [0.1, 0.15) is 38.5 Å². The number of rotatable bonds is 6. The van der Waals surface area contributed by atoms with Gasteiger partial charge < -0.3 is 15.0 Å². The van der Waals surface area contributed by atoms with Gasteiger partial charge in [0.1, 0.15) is 0 Å². The molecule has 0 spiro atoms. The molecule has 0 unspecified atom stereocenters. The van der Waals surface area contributed by atoms with Crippen LogP contribution in [0.3, 0.4) is 0 Å². The maximum absolute atomic E-state index is 12.3. The average Bonchev–Trinajstić information content (AvgIpc) is 3.21. The van der Waals surface area contributed by atoms with Crippen LogP contribution in [0.2, 0.25) is 0 Å². The van der Waals surface area contributed by atoms with Gasteiger partial charge in [0.25, 0.3) is 0 Å². The van der Waals surface area contributed by atoms with Crippen LogP contribution in [-0.2, 0) is 14.3 Å². The molecular formula is C17H29N3O3. The number of likely N-dealkylation sites (tertiary alicyclic amines) is 1. The Hall–Kier alpha value is -1.14. The summed E-state index contributed by atoms with van der Waals surface area (Å²) in [5, 5.41) is 3.02. The predicted molar refractivity (Wildman–Crippen MR) is 87.0 cm³/mol.